The van der Waals surface area contributed by atoms with E-state index in [2.05, 4.69) is 41.7 Å². The van der Waals surface area contributed by atoms with Crippen LogP contribution in [0.2, 0.25) is 0 Å². The molecule has 0 aromatic heterocycles. The van der Waals surface area contributed by atoms with Crippen molar-refractivity contribution in [2.45, 2.75) is 19.3 Å². The molecule has 1 aliphatic carbocycles. The van der Waals surface area contributed by atoms with Gasteiger partial charge in [0.2, 0.25) is 5.91 Å². The van der Waals surface area contributed by atoms with E-state index in [1.165, 1.54) is 5.56 Å². The maximum atomic E-state index is 13.8. The lowest BCUT2D eigenvalue weighted by Crippen LogP contribution is -2.29. The summed E-state index contributed by atoms with van der Waals surface area (Å²) in [4.78, 5) is 26.6. The molecule has 6 rings (SSSR count). The van der Waals surface area contributed by atoms with Gasteiger partial charge in [-0.15, -0.1) is 0 Å². The molecule has 6 heteroatoms. The van der Waals surface area contributed by atoms with Gasteiger partial charge in [0.15, 0.2) is 0 Å². The number of primary amides is 1. The molecule has 0 atom stereocenters. The van der Waals surface area contributed by atoms with Gasteiger partial charge in [-0.1, -0.05) is 60.7 Å². The molecule has 0 saturated carbocycles. The van der Waals surface area contributed by atoms with E-state index in [0.717, 1.165) is 68.5 Å². The SMILES string of the molecule is COc1cccc(CCNC(=O)c2c(C(N)=O)cc3cccc4c3c2-c2cc(CCc3cccc(OC)c3)ccc2-4)c1. The Hall–Kier alpha value is -5.10. The van der Waals surface area contributed by atoms with Crippen LogP contribution in [-0.4, -0.2) is 32.6 Å². The first kappa shape index (κ1) is 27.1. The second-order valence-corrected chi connectivity index (χ2v) is 10.5. The number of rotatable bonds is 10. The molecule has 0 unspecified atom stereocenters. The maximum absolute atomic E-state index is 13.8. The molecular weight excluding hydrogens is 524 g/mol. The van der Waals surface area contributed by atoms with E-state index >= 15 is 0 Å². The zero-order valence-corrected chi connectivity index (χ0v) is 23.7. The summed E-state index contributed by atoms with van der Waals surface area (Å²) >= 11 is 0. The van der Waals surface area contributed by atoms with Crippen LogP contribution in [0.1, 0.15) is 37.4 Å². The van der Waals surface area contributed by atoms with E-state index in [1.54, 1.807) is 20.3 Å². The van der Waals surface area contributed by atoms with E-state index in [-0.39, 0.29) is 11.5 Å². The van der Waals surface area contributed by atoms with Gasteiger partial charge in [-0.2, -0.15) is 0 Å². The number of carbonyl (C=O) groups is 2. The van der Waals surface area contributed by atoms with Crippen molar-refractivity contribution in [2.24, 2.45) is 5.73 Å². The summed E-state index contributed by atoms with van der Waals surface area (Å²) in [6.45, 7) is 0.400. The average Bonchev–Trinajstić information content (AvgIpc) is 3.34. The van der Waals surface area contributed by atoms with Crippen LogP contribution in [0.25, 0.3) is 33.0 Å². The third-order valence-corrected chi connectivity index (χ3v) is 7.97. The van der Waals surface area contributed by atoms with Gasteiger partial charge in [-0.3, -0.25) is 9.59 Å². The topological polar surface area (TPSA) is 90.6 Å². The fraction of sp³-hybridized carbons (Fsp3) is 0.167. The first-order valence-corrected chi connectivity index (χ1v) is 14.0. The molecule has 1 aliphatic rings. The van der Waals surface area contributed by atoms with Gasteiger partial charge in [0.05, 0.1) is 25.3 Å². The number of methoxy groups -OCH3 is 2. The van der Waals surface area contributed by atoms with E-state index in [9.17, 15) is 9.59 Å². The van der Waals surface area contributed by atoms with E-state index < -0.39 is 5.91 Å². The van der Waals surface area contributed by atoms with Gasteiger partial charge in [-0.25, -0.2) is 0 Å². The first-order valence-electron chi connectivity index (χ1n) is 14.0. The number of amides is 2. The fourth-order valence-corrected chi connectivity index (χ4v) is 5.92. The Morgan fingerprint density at radius 2 is 1.33 bits per heavy atom. The van der Waals surface area contributed by atoms with Crippen molar-refractivity contribution in [1.82, 2.24) is 5.32 Å². The number of hydrogen-bond acceptors (Lipinski definition) is 4. The summed E-state index contributed by atoms with van der Waals surface area (Å²) in [6.07, 6.45) is 2.28. The van der Waals surface area contributed by atoms with Gasteiger partial charge in [0.1, 0.15) is 11.5 Å². The number of ether oxygens (including phenoxy) is 2. The van der Waals surface area contributed by atoms with Gasteiger partial charge in [0.25, 0.3) is 5.91 Å². The second kappa shape index (κ2) is 11.4. The summed E-state index contributed by atoms with van der Waals surface area (Å²) in [7, 11) is 3.30. The molecule has 0 spiro atoms. The zero-order valence-electron chi connectivity index (χ0n) is 23.7. The molecule has 2 amide bonds. The highest BCUT2D eigenvalue weighted by Gasteiger charge is 2.30. The Morgan fingerprint density at radius 3 is 2.00 bits per heavy atom. The van der Waals surface area contributed by atoms with Crippen molar-refractivity contribution < 1.29 is 19.1 Å². The van der Waals surface area contributed by atoms with Crippen LogP contribution >= 0.6 is 0 Å². The average molecular weight is 557 g/mol. The molecule has 0 fully saturated rings. The quantitative estimate of drug-likeness (QED) is 0.205. The molecule has 0 saturated heterocycles. The molecule has 6 nitrogen and oxygen atoms in total. The second-order valence-electron chi connectivity index (χ2n) is 10.5. The lowest BCUT2D eigenvalue weighted by atomic mass is 9.91. The highest BCUT2D eigenvalue weighted by molar-refractivity contribution is 6.24. The Bertz CT molecular complexity index is 1840. The van der Waals surface area contributed by atoms with Crippen LogP contribution in [0, 0.1) is 0 Å². The molecule has 210 valence electrons. The number of nitrogens with two attached hydrogens (primary N) is 1. The molecular formula is C36H32N2O4. The van der Waals surface area contributed by atoms with Crippen LogP contribution in [0.5, 0.6) is 11.5 Å². The third kappa shape index (κ3) is 5.07. The minimum Gasteiger partial charge on any atom is -0.497 e. The van der Waals surface area contributed by atoms with Crippen molar-refractivity contribution in [3.05, 3.63) is 119 Å². The number of nitrogens with one attached hydrogen (secondary N) is 1. The molecule has 0 aliphatic heterocycles. The predicted molar refractivity (Wildman–Crippen MR) is 166 cm³/mol. The van der Waals surface area contributed by atoms with Crippen molar-refractivity contribution >= 4 is 22.6 Å². The van der Waals surface area contributed by atoms with Crippen LogP contribution in [0.15, 0.2) is 91.0 Å². The maximum Gasteiger partial charge on any atom is 0.252 e. The number of benzene rings is 5. The number of carbonyl (C=O) groups excluding carboxylic acids is 2. The lowest BCUT2D eigenvalue weighted by Gasteiger charge is -2.15. The summed E-state index contributed by atoms with van der Waals surface area (Å²) in [5.74, 6) is 0.667. The Balaban J connectivity index is 1.36. The van der Waals surface area contributed by atoms with Gasteiger partial charge >= 0.3 is 0 Å². The minimum atomic E-state index is -0.626. The molecule has 3 N–H and O–H groups in total. The van der Waals surface area contributed by atoms with Crippen molar-refractivity contribution in [3.8, 4) is 33.8 Å². The highest BCUT2D eigenvalue weighted by Crippen LogP contribution is 2.50. The summed E-state index contributed by atoms with van der Waals surface area (Å²) < 4.78 is 10.7. The molecule has 5 aromatic carbocycles. The van der Waals surface area contributed by atoms with Gasteiger partial charge < -0.3 is 20.5 Å². The van der Waals surface area contributed by atoms with Crippen molar-refractivity contribution in [3.63, 3.8) is 0 Å². The fourth-order valence-electron chi connectivity index (χ4n) is 5.92. The van der Waals surface area contributed by atoms with E-state index in [4.69, 9.17) is 15.2 Å². The number of hydrogen-bond donors (Lipinski definition) is 2. The molecule has 0 heterocycles. The number of fused-ring (bicyclic) bond motifs is 3. The van der Waals surface area contributed by atoms with Crippen molar-refractivity contribution in [1.29, 1.82) is 0 Å². The summed E-state index contributed by atoms with van der Waals surface area (Å²) in [5, 5.41) is 4.91. The monoisotopic (exact) mass is 556 g/mol. The standard InChI is InChI=1S/C36H32N2O4/c1-41-26-9-3-6-22(18-26)12-13-24-14-15-28-29-11-5-8-25-21-31(35(37)39)34(33(32(25)29)30(28)20-24)36(40)38-17-16-23-7-4-10-27(19-23)42-2/h3-11,14-15,18-21H,12-13,16-17H2,1-2H3,(H2,37,39)(H,38,40). The molecule has 0 radical (unpaired) electrons. The molecule has 0 bridgehead atoms. The Kier molecular flexibility index (Phi) is 7.36. The zero-order chi connectivity index (χ0) is 29.2. The predicted octanol–water partition coefficient (Wildman–Crippen LogP) is 6.36. The van der Waals surface area contributed by atoms with E-state index in [0.29, 0.717) is 18.5 Å². The minimum absolute atomic E-state index is 0.225. The largest absolute Gasteiger partial charge is 0.497 e. The normalized spacial score (nSPS) is 11.3. The third-order valence-electron chi connectivity index (χ3n) is 7.97. The lowest BCUT2D eigenvalue weighted by molar-refractivity contribution is 0.0937. The van der Waals surface area contributed by atoms with Crippen LogP contribution in [-0.2, 0) is 19.3 Å². The van der Waals surface area contributed by atoms with Crippen molar-refractivity contribution in [2.75, 3.05) is 20.8 Å². The van der Waals surface area contributed by atoms with Crippen LogP contribution in [0.3, 0.4) is 0 Å². The molecule has 42 heavy (non-hydrogen) atoms. The number of aryl methyl sites for hydroxylation is 2. The Morgan fingerprint density at radius 1 is 0.690 bits per heavy atom. The van der Waals surface area contributed by atoms with Gasteiger partial charge in [-0.05, 0) is 93.7 Å². The van der Waals surface area contributed by atoms with Crippen LogP contribution in [0.4, 0.5) is 0 Å². The van der Waals surface area contributed by atoms with Crippen LogP contribution < -0.4 is 20.5 Å². The molecule has 5 aromatic rings. The smallest absolute Gasteiger partial charge is 0.252 e. The van der Waals surface area contributed by atoms with E-state index in [1.807, 2.05) is 48.5 Å². The summed E-state index contributed by atoms with van der Waals surface area (Å²) in [6, 6.07) is 30.0. The summed E-state index contributed by atoms with van der Waals surface area (Å²) in [5.41, 5.74) is 13.6. The first-order chi connectivity index (χ1) is 20.5. The van der Waals surface area contributed by atoms with Gasteiger partial charge in [0, 0.05) is 12.1 Å². The highest BCUT2D eigenvalue weighted by atomic mass is 16.5. The Labute approximate surface area is 245 Å².